The van der Waals surface area contributed by atoms with Gasteiger partial charge in [0, 0.05) is 19.1 Å². The third-order valence-electron chi connectivity index (χ3n) is 2.66. The molecule has 0 aromatic rings. The molecule has 0 amide bonds. The van der Waals surface area contributed by atoms with Gasteiger partial charge < -0.3 is 10.2 Å². The third kappa shape index (κ3) is 3.98. The van der Waals surface area contributed by atoms with Crippen molar-refractivity contribution < 1.29 is 0 Å². The topological polar surface area (TPSA) is 15.3 Å². The van der Waals surface area contributed by atoms with Crippen molar-refractivity contribution in [2.45, 2.75) is 46.1 Å². The molecule has 0 spiro atoms. The quantitative estimate of drug-likeness (QED) is 0.764. The summed E-state index contributed by atoms with van der Waals surface area (Å²) in [5.74, 6) is 1.28. The molecule has 2 heteroatoms. The van der Waals surface area contributed by atoms with E-state index in [0.717, 1.165) is 6.54 Å². The molecule has 1 aliphatic rings. The zero-order valence-electron chi connectivity index (χ0n) is 10.3. The highest BCUT2D eigenvalue weighted by molar-refractivity contribution is 5.12. The van der Waals surface area contributed by atoms with Gasteiger partial charge in [-0.1, -0.05) is 25.5 Å². The first-order valence-electron chi connectivity index (χ1n) is 6.13. The summed E-state index contributed by atoms with van der Waals surface area (Å²) < 4.78 is 0. The number of rotatable bonds is 4. The van der Waals surface area contributed by atoms with Crippen LogP contribution in [0.15, 0.2) is 24.0 Å². The normalized spacial score (nSPS) is 20.3. The van der Waals surface area contributed by atoms with Crippen LogP contribution in [0.2, 0.25) is 0 Å². The lowest BCUT2D eigenvalue weighted by molar-refractivity contribution is 0.234. The zero-order valence-corrected chi connectivity index (χ0v) is 10.3. The van der Waals surface area contributed by atoms with Crippen molar-refractivity contribution in [1.29, 1.82) is 0 Å². The summed E-state index contributed by atoms with van der Waals surface area (Å²) in [6, 6.07) is 0.587. The van der Waals surface area contributed by atoms with Crippen LogP contribution in [-0.2, 0) is 0 Å². The summed E-state index contributed by atoms with van der Waals surface area (Å²) in [5, 5.41) is 3.46. The van der Waals surface area contributed by atoms with E-state index in [1.54, 1.807) is 0 Å². The van der Waals surface area contributed by atoms with Crippen molar-refractivity contribution in [1.82, 2.24) is 10.2 Å². The molecule has 0 aromatic carbocycles. The molecule has 1 aliphatic heterocycles. The van der Waals surface area contributed by atoms with Crippen molar-refractivity contribution in [3.05, 3.63) is 24.0 Å². The molecule has 0 saturated carbocycles. The second kappa shape index (κ2) is 6.54. The van der Waals surface area contributed by atoms with E-state index < -0.39 is 0 Å². The Kier molecular flexibility index (Phi) is 5.30. The zero-order chi connectivity index (χ0) is 11.1. The molecule has 1 N–H and O–H groups in total. The van der Waals surface area contributed by atoms with Gasteiger partial charge in [0.2, 0.25) is 0 Å². The number of hydrogen-bond donors (Lipinski definition) is 1. The fourth-order valence-corrected chi connectivity index (χ4v) is 1.80. The van der Waals surface area contributed by atoms with E-state index in [9.17, 15) is 0 Å². The summed E-state index contributed by atoms with van der Waals surface area (Å²) in [5.41, 5.74) is 0. The van der Waals surface area contributed by atoms with E-state index >= 15 is 0 Å². The highest BCUT2D eigenvalue weighted by Crippen LogP contribution is 2.12. The fourth-order valence-electron chi connectivity index (χ4n) is 1.80. The second-order valence-electron chi connectivity index (χ2n) is 4.34. The maximum Gasteiger partial charge on any atom is 0.101 e. The first-order valence-corrected chi connectivity index (χ1v) is 6.13. The standard InChI is InChI=1S/C13H24N2/c1-4-5-6-7-9-13-14-10-8-11-15(13)12(2)3/h6-7,9,12,14H,4-5,8,10-11H2,1-3H3/b7-6-,13-9+. The van der Waals surface area contributed by atoms with Gasteiger partial charge in [-0.2, -0.15) is 0 Å². The van der Waals surface area contributed by atoms with Gasteiger partial charge in [0.05, 0.1) is 0 Å². The molecule has 0 bridgehead atoms. The average molecular weight is 208 g/mol. The molecule has 0 radical (unpaired) electrons. The monoisotopic (exact) mass is 208 g/mol. The maximum atomic E-state index is 3.46. The first kappa shape index (κ1) is 12.2. The lowest BCUT2D eigenvalue weighted by Crippen LogP contribution is -2.42. The van der Waals surface area contributed by atoms with Crippen LogP contribution in [0.5, 0.6) is 0 Å². The summed E-state index contributed by atoms with van der Waals surface area (Å²) in [4.78, 5) is 2.43. The Morgan fingerprint density at radius 3 is 2.93 bits per heavy atom. The van der Waals surface area contributed by atoms with Crippen LogP contribution in [0.4, 0.5) is 0 Å². The van der Waals surface area contributed by atoms with Crippen molar-refractivity contribution >= 4 is 0 Å². The third-order valence-corrected chi connectivity index (χ3v) is 2.66. The smallest absolute Gasteiger partial charge is 0.101 e. The molecule has 1 rings (SSSR count). The van der Waals surface area contributed by atoms with Crippen molar-refractivity contribution in [2.75, 3.05) is 13.1 Å². The number of hydrogen-bond acceptors (Lipinski definition) is 2. The number of nitrogens with one attached hydrogen (secondary N) is 1. The second-order valence-corrected chi connectivity index (χ2v) is 4.34. The molecule has 2 nitrogen and oxygen atoms in total. The molecule has 86 valence electrons. The van der Waals surface area contributed by atoms with Gasteiger partial charge in [0.15, 0.2) is 0 Å². The van der Waals surface area contributed by atoms with Crippen LogP contribution in [0.25, 0.3) is 0 Å². The molecule has 15 heavy (non-hydrogen) atoms. The lowest BCUT2D eigenvalue weighted by atomic mass is 10.2. The van der Waals surface area contributed by atoms with Gasteiger partial charge in [0.25, 0.3) is 0 Å². The molecular weight excluding hydrogens is 184 g/mol. The van der Waals surface area contributed by atoms with Gasteiger partial charge in [-0.25, -0.2) is 0 Å². The summed E-state index contributed by atoms with van der Waals surface area (Å²) in [7, 11) is 0. The molecule has 1 fully saturated rings. The Balaban J connectivity index is 2.55. The van der Waals surface area contributed by atoms with Crippen LogP contribution in [-0.4, -0.2) is 24.0 Å². The summed E-state index contributed by atoms with van der Waals surface area (Å²) in [6.45, 7) is 8.98. The first-order chi connectivity index (χ1) is 7.25. The van der Waals surface area contributed by atoms with E-state index in [1.165, 1.54) is 31.6 Å². The van der Waals surface area contributed by atoms with Crippen molar-refractivity contribution in [3.8, 4) is 0 Å². The Labute approximate surface area is 94.0 Å². The minimum Gasteiger partial charge on any atom is -0.372 e. The Bertz CT molecular complexity index is 229. The van der Waals surface area contributed by atoms with Gasteiger partial charge in [-0.3, -0.25) is 0 Å². The predicted octanol–water partition coefficient (Wildman–Crippen LogP) is 2.89. The molecule has 1 saturated heterocycles. The van der Waals surface area contributed by atoms with E-state index in [2.05, 4.69) is 49.2 Å². The number of allylic oxidation sites excluding steroid dienone is 3. The molecule has 0 unspecified atom stereocenters. The summed E-state index contributed by atoms with van der Waals surface area (Å²) >= 11 is 0. The number of nitrogens with zero attached hydrogens (tertiary/aromatic N) is 1. The minimum absolute atomic E-state index is 0.587. The molecule has 1 heterocycles. The van der Waals surface area contributed by atoms with E-state index in [1.807, 2.05) is 0 Å². The molecule has 0 aliphatic carbocycles. The molecular formula is C13H24N2. The maximum absolute atomic E-state index is 3.46. The van der Waals surface area contributed by atoms with Gasteiger partial charge in [0.1, 0.15) is 5.82 Å². The molecule has 0 atom stereocenters. The summed E-state index contributed by atoms with van der Waals surface area (Å²) in [6.07, 6.45) is 10.3. The van der Waals surface area contributed by atoms with Crippen molar-refractivity contribution in [3.63, 3.8) is 0 Å². The Morgan fingerprint density at radius 2 is 2.27 bits per heavy atom. The SMILES string of the molecule is CCC/C=C\C=C1/NCCCN1C(C)C. The highest BCUT2D eigenvalue weighted by Gasteiger charge is 2.15. The number of unbranched alkanes of at least 4 members (excludes halogenated alkanes) is 1. The Hall–Kier alpha value is -0.920. The lowest BCUT2D eigenvalue weighted by Gasteiger charge is -2.35. The largest absolute Gasteiger partial charge is 0.372 e. The van der Waals surface area contributed by atoms with Gasteiger partial charge in [-0.15, -0.1) is 0 Å². The fraction of sp³-hybridized carbons (Fsp3) is 0.692. The Morgan fingerprint density at radius 1 is 1.47 bits per heavy atom. The van der Waals surface area contributed by atoms with Crippen LogP contribution in [0.3, 0.4) is 0 Å². The van der Waals surface area contributed by atoms with E-state index in [4.69, 9.17) is 0 Å². The predicted molar refractivity (Wildman–Crippen MR) is 66.6 cm³/mol. The van der Waals surface area contributed by atoms with Crippen LogP contribution in [0.1, 0.15) is 40.0 Å². The minimum atomic E-state index is 0.587. The highest BCUT2D eigenvalue weighted by atomic mass is 15.3. The average Bonchev–Trinajstić information content (AvgIpc) is 2.25. The van der Waals surface area contributed by atoms with E-state index in [-0.39, 0.29) is 0 Å². The molecule has 0 aromatic heterocycles. The van der Waals surface area contributed by atoms with Crippen LogP contribution >= 0.6 is 0 Å². The van der Waals surface area contributed by atoms with Gasteiger partial charge >= 0.3 is 0 Å². The van der Waals surface area contributed by atoms with E-state index in [0.29, 0.717) is 6.04 Å². The van der Waals surface area contributed by atoms with Crippen molar-refractivity contribution in [2.24, 2.45) is 0 Å². The van der Waals surface area contributed by atoms with Crippen LogP contribution in [0, 0.1) is 0 Å². The van der Waals surface area contributed by atoms with Gasteiger partial charge in [-0.05, 0) is 32.8 Å². The van der Waals surface area contributed by atoms with Crippen LogP contribution < -0.4 is 5.32 Å².